The smallest absolute Gasteiger partial charge is 0.298 e. The van der Waals surface area contributed by atoms with Gasteiger partial charge in [0.05, 0.1) is 13.2 Å². The highest BCUT2D eigenvalue weighted by atomic mass is 16.5. The molecule has 0 spiro atoms. The molecule has 2 rings (SSSR count). The highest BCUT2D eigenvalue weighted by Gasteiger charge is 2.30. The number of carbonyl (C=O) groups excluding carboxylic acids is 1. The van der Waals surface area contributed by atoms with Crippen LogP contribution in [0.1, 0.15) is 51.5 Å². The van der Waals surface area contributed by atoms with E-state index in [-0.39, 0.29) is 5.91 Å². The fraction of sp³-hybridized carbons (Fsp3) is 0.500. The maximum atomic E-state index is 12.1. The lowest BCUT2D eigenvalue weighted by atomic mass is 10.2. The van der Waals surface area contributed by atoms with Gasteiger partial charge in [0.15, 0.2) is 0 Å². The molecule has 1 aliphatic rings. The van der Waals surface area contributed by atoms with E-state index in [1.54, 1.807) is 0 Å². The molecule has 0 saturated carbocycles. The summed E-state index contributed by atoms with van der Waals surface area (Å²) in [5.74, 6) is 5.81. The van der Waals surface area contributed by atoms with Gasteiger partial charge in [0.25, 0.3) is 5.91 Å². The number of benzene rings is 1. The number of amides is 1. The van der Waals surface area contributed by atoms with E-state index >= 15 is 0 Å². The van der Waals surface area contributed by atoms with Gasteiger partial charge in [-0.25, -0.2) is 0 Å². The van der Waals surface area contributed by atoms with Gasteiger partial charge in [-0.05, 0) is 51.0 Å². The highest BCUT2D eigenvalue weighted by Crippen LogP contribution is 2.23. The number of ether oxygens (including phenoxy) is 1. The van der Waals surface area contributed by atoms with Crippen LogP contribution in [-0.4, -0.2) is 29.5 Å². The van der Waals surface area contributed by atoms with Crippen molar-refractivity contribution in [2.45, 2.75) is 64.6 Å². The van der Waals surface area contributed by atoms with Gasteiger partial charge in [0.1, 0.15) is 0 Å². The lowest BCUT2D eigenvalue weighted by Gasteiger charge is -2.23. The van der Waals surface area contributed by atoms with E-state index in [0.717, 1.165) is 32.1 Å². The summed E-state index contributed by atoms with van der Waals surface area (Å²) in [7, 11) is 0. The molecule has 0 unspecified atom stereocenters. The fourth-order valence-corrected chi connectivity index (χ4v) is 3.11. The van der Waals surface area contributed by atoms with Gasteiger partial charge in [-0.1, -0.05) is 48.4 Å². The molecule has 2 atom stereocenters. The zero-order chi connectivity index (χ0) is 17.9. The molecular formula is C22H29NO2. The summed E-state index contributed by atoms with van der Waals surface area (Å²) < 4.78 is 5.59. The van der Waals surface area contributed by atoms with Crippen LogP contribution in [0.25, 0.3) is 0 Å². The van der Waals surface area contributed by atoms with Crippen molar-refractivity contribution in [3.05, 3.63) is 48.0 Å². The van der Waals surface area contributed by atoms with Gasteiger partial charge in [-0.2, -0.15) is 0 Å². The largest absolute Gasteiger partial charge is 0.373 e. The van der Waals surface area contributed by atoms with E-state index in [0.29, 0.717) is 25.3 Å². The quantitative estimate of drug-likeness (QED) is 0.420. The SMILES string of the molecule is C[C@@H]1CC[C@@H](C)N1C(=O)C#CCCC/C=C/COCc1ccccc1. The lowest BCUT2D eigenvalue weighted by molar-refractivity contribution is -0.127. The molecule has 25 heavy (non-hydrogen) atoms. The first-order chi connectivity index (χ1) is 12.2. The first kappa shape index (κ1) is 19.3. The first-order valence-corrected chi connectivity index (χ1v) is 9.26. The van der Waals surface area contributed by atoms with Crippen LogP contribution in [-0.2, 0) is 16.1 Å². The Morgan fingerprint density at radius 2 is 1.92 bits per heavy atom. The Bertz CT molecular complexity index is 602. The number of rotatable bonds is 7. The van der Waals surface area contributed by atoms with E-state index in [1.165, 1.54) is 5.56 Å². The zero-order valence-electron chi connectivity index (χ0n) is 15.4. The average molecular weight is 339 g/mol. The van der Waals surface area contributed by atoms with Crippen LogP contribution in [0.2, 0.25) is 0 Å². The molecule has 0 bridgehead atoms. The summed E-state index contributed by atoms with van der Waals surface area (Å²) in [5.41, 5.74) is 1.19. The van der Waals surface area contributed by atoms with Gasteiger partial charge in [0, 0.05) is 18.5 Å². The van der Waals surface area contributed by atoms with Crippen molar-refractivity contribution in [3.8, 4) is 11.8 Å². The first-order valence-electron chi connectivity index (χ1n) is 9.26. The Kier molecular flexibility index (Phi) is 8.28. The van der Waals surface area contributed by atoms with Gasteiger partial charge < -0.3 is 9.64 Å². The monoisotopic (exact) mass is 339 g/mol. The third-order valence-corrected chi connectivity index (χ3v) is 4.55. The number of likely N-dealkylation sites (tertiary alicyclic amines) is 1. The fourth-order valence-electron chi connectivity index (χ4n) is 3.11. The van der Waals surface area contributed by atoms with Crippen molar-refractivity contribution in [2.24, 2.45) is 0 Å². The van der Waals surface area contributed by atoms with Gasteiger partial charge >= 0.3 is 0 Å². The highest BCUT2D eigenvalue weighted by molar-refractivity contribution is 5.94. The summed E-state index contributed by atoms with van der Waals surface area (Å²) in [6, 6.07) is 10.8. The third-order valence-electron chi connectivity index (χ3n) is 4.55. The number of nitrogens with zero attached hydrogens (tertiary/aromatic N) is 1. The molecule has 1 heterocycles. The normalized spacial score (nSPS) is 19.8. The predicted molar refractivity (Wildman–Crippen MR) is 102 cm³/mol. The van der Waals surface area contributed by atoms with Crippen LogP contribution in [0, 0.1) is 11.8 Å². The van der Waals surface area contributed by atoms with E-state index in [1.807, 2.05) is 23.1 Å². The van der Waals surface area contributed by atoms with Crippen molar-refractivity contribution < 1.29 is 9.53 Å². The van der Waals surface area contributed by atoms with Crippen molar-refractivity contribution in [1.82, 2.24) is 4.90 Å². The Balaban J connectivity index is 1.54. The van der Waals surface area contributed by atoms with E-state index in [2.05, 4.69) is 50.0 Å². The van der Waals surface area contributed by atoms with E-state index in [4.69, 9.17) is 4.74 Å². The summed E-state index contributed by atoms with van der Waals surface area (Å²) in [6.07, 6.45) is 9.05. The molecule has 1 fully saturated rings. The molecular weight excluding hydrogens is 310 g/mol. The van der Waals surface area contributed by atoms with Crippen LogP contribution in [0.4, 0.5) is 0 Å². The Labute approximate surface area is 152 Å². The molecule has 0 radical (unpaired) electrons. The predicted octanol–water partition coefficient (Wildman–Crippen LogP) is 4.33. The molecule has 0 N–H and O–H groups in total. The summed E-state index contributed by atoms with van der Waals surface area (Å²) in [4.78, 5) is 14.0. The van der Waals surface area contributed by atoms with E-state index < -0.39 is 0 Å². The Hall–Kier alpha value is -2.05. The number of unbranched alkanes of at least 4 members (excludes halogenated alkanes) is 2. The summed E-state index contributed by atoms with van der Waals surface area (Å²) >= 11 is 0. The minimum absolute atomic E-state index is 0.0117. The third kappa shape index (κ3) is 6.76. The second-order valence-electron chi connectivity index (χ2n) is 6.65. The van der Waals surface area contributed by atoms with Crippen molar-refractivity contribution in [1.29, 1.82) is 0 Å². The average Bonchev–Trinajstić information content (AvgIpc) is 2.96. The van der Waals surface area contributed by atoms with Crippen LogP contribution < -0.4 is 0 Å². The van der Waals surface area contributed by atoms with Gasteiger partial charge in [0.2, 0.25) is 0 Å². The molecule has 134 valence electrons. The van der Waals surface area contributed by atoms with E-state index in [9.17, 15) is 4.79 Å². The maximum absolute atomic E-state index is 12.1. The Morgan fingerprint density at radius 3 is 2.64 bits per heavy atom. The zero-order valence-corrected chi connectivity index (χ0v) is 15.4. The second-order valence-corrected chi connectivity index (χ2v) is 6.65. The molecule has 0 aromatic heterocycles. The van der Waals surface area contributed by atoms with Crippen LogP contribution in [0.3, 0.4) is 0 Å². The molecule has 1 aromatic carbocycles. The molecule has 3 heteroatoms. The topological polar surface area (TPSA) is 29.5 Å². The lowest BCUT2D eigenvalue weighted by Crippen LogP contribution is -2.37. The molecule has 0 aliphatic carbocycles. The number of allylic oxidation sites excluding steroid dienone is 1. The minimum atomic E-state index is -0.0117. The van der Waals surface area contributed by atoms with Gasteiger partial charge in [-0.3, -0.25) is 4.79 Å². The second kappa shape index (κ2) is 10.7. The number of hydrogen-bond donors (Lipinski definition) is 0. The minimum Gasteiger partial charge on any atom is -0.373 e. The molecule has 1 amide bonds. The Morgan fingerprint density at radius 1 is 1.20 bits per heavy atom. The molecule has 1 saturated heterocycles. The number of carbonyl (C=O) groups is 1. The summed E-state index contributed by atoms with van der Waals surface area (Å²) in [5, 5.41) is 0. The number of hydrogen-bond acceptors (Lipinski definition) is 2. The van der Waals surface area contributed by atoms with Crippen LogP contribution in [0.5, 0.6) is 0 Å². The molecule has 1 aromatic rings. The summed E-state index contributed by atoms with van der Waals surface area (Å²) in [6.45, 7) is 5.48. The molecule has 1 aliphatic heterocycles. The van der Waals surface area contributed by atoms with Gasteiger partial charge in [-0.15, -0.1) is 0 Å². The van der Waals surface area contributed by atoms with Crippen molar-refractivity contribution in [2.75, 3.05) is 6.61 Å². The van der Waals surface area contributed by atoms with Crippen LogP contribution in [0.15, 0.2) is 42.5 Å². The standard InChI is InChI=1S/C22H29NO2/c1-19-15-16-20(2)23(19)22(24)14-10-5-3-4-6-11-17-25-18-21-12-8-7-9-13-21/h6-9,11-13,19-20H,3-5,15-18H2,1-2H3/b11-6+/t19-,20-/m1/s1. The van der Waals surface area contributed by atoms with Crippen LogP contribution >= 0.6 is 0 Å². The maximum Gasteiger partial charge on any atom is 0.298 e. The molecule has 3 nitrogen and oxygen atoms in total. The van der Waals surface area contributed by atoms with Crippen molar-refractivity contribution in [3.63, 3.8) is 0 Å². The van der Waals surface area contributed by atoms with Crippen molar-refractivity contribution >= 4 is 5.91 Å².